The fraction of sp³-hybridized carbons (Fsp3) is 0.357. The Balaban J connectivity index is 2.45. The highest BCUT2D eigenvalue weighted by Crippen LogP contribution is 2.29. The predicted molar refractivity (Wildman–Crippen MR) is 66.8 cm³/mol. The van der Waals surface area contributed by atoms with E-state index < -0.39 is 0 Å². The van der Waals surface area contributed by atoms with Crippen LogP contribution in [-0.4, -0.2) is 11.6 Å². The highest BCUT2D eigenvalue weighted by Gasteiger charge is 2.09. The van der Waals surface area contributed by atoms with E-state index in [2.05, 4.69) is 11.9 Å². The summed E-state index contributed by atoms with van der Waals surface area (Å²) in [5, 5.41) is 1.36. The first-order valence-electron chi connectivity index (χ1n) is 5.90. The third kappa shape index (κ3) is 2.38. The standard InChI is InChI=1S/C14H16FNO/c1-3-4-9-17-13-6-5-12(15)11-7-8-16-10(2)14(11)13/h5-8H,3-4,9H2,1-2H3. The average Bonchev–Trinajstić information content (AvgIpc) is 2.33. The van der Waals surface area contributed by atoms with Gasteiger partial charge in [0.2, 0.25) is 0 Å². The van der Waals surface area contributed by atoms with Gasteiger partial charge in [-0.3, -0.25) is 4.98 Å². The summed E-state index contributed by atoms with van der Waals surface area (Å²) >= 11 is 0. The highest BCUT2D eigenvalue weighted by atomic mass is 19.1. The number of hydrogen-bond acceptors (Lipinski definition) is 2. The number of rotatable bonds is 4. The highest BCUT2D eigenvalue weighted by molar-refractivity contribution is 5.90. The first-order valence-corrected chi connectivity index (χ1v) is 5.90. The number of fused-ring (bicyclic) bond motifs is 1. The predicted octanol–water partition coefficient (Wildman–Crippen LogP) is 3.86. The van der Waals surface area contributed by atoms with Gasteiger partial charge in [-0.2, -0.15) is 0 Å². The van der Waals surface area contributed by atoms with Crippen LogP contribution in [0, 0.1) is 12.7 Å². The molecule has 2 nitrogen and oxygen atoms in total. The van der Waals surface area contributed by atoms with E-state index in [1.54, 1.807) is 18.3 Å². The summed E-state index contributed by atoms with van der Waals surface area (Å²) < 4.78 is 19.3. The minimum absolute atomic E-state index is 0.228. The molecule has 0 aliphatic carbocycles. The van der Waals surface area contributed by atoms with Gasteiger partial charge in [-0.15, -0.1) is 0 Å². The van der Waals surface area contributed by atoms with Crippen LogP contribution < -0.4 is 4.74 Å². The Kier molecular flexibility index (Phi) is 3.57. The second-order valence-corrected chi connectivity index (χ2v) is 4.07. The zero-order valence-electron chi connectivity index (χ0n) is 10.2. The Hall–Kier alpha value is -1.64. The smallest absolute Gasteiger partial charge is 0.131 e. The number of nitrogens with zero attached hydrogens (tertiary/aromatic N) is 1. The molecule has 0 saturated heterocycles. The number of unbranched alkanes of at least 4 members (excludes halogenated alkanes) is 1. The van der Waals surface area contributed by atoms with Gasteiger partial charge >= 0.3 is 0 Å². The minimum Gasteiger partial charge on any atom is -0.493 e. The summed E-state index contributed by atoms with van der Waals surface area (Å²) in [7, 11) is 0. The first-order chi connectivity index (χ1) is 8.24. The van der Waals surface area contributed by atoms with E-state index in [1.807, 2.05) is 6.92 Å². The van der Waals surface area contributed by atoms with Gasteiger partial charge in [0, 0.05) is 22.7 Å². The maximum atomic E-state index is 13.7. The molecule has 1 aromatic heterocycles. The lowest BCUT2D eigenvalue weighted by Gasteiger charge is -2.10. The summed E-state index contributed by atoms with van der Waals surface area (Å²) in [4.78, 5) is 4.19. The van der Waals surface area contributed by atoms with Crippen LogP contribution in [0.2, 0.25) is 0 Å². The molecule has 90 valence electrons. The van der Waals surface area contributed by atoms with E-state index >= 15 is 0 Å². The van der Waals surface area contributed by atoms with Crippen molar-refractivity contribution in [2.45, 2.75) is 26.7 Å². The van der Waals surface area contributed by atoms with Crippen LogP contribution in [0.1, 0.15) is 25.5 Å². The lowest BCUT2D eigenvalue weighted by Crippen LogP contribution is -1.99. The van der Waals surface area contributed by atoms with Crippen molar-refractivity contribution in [1.29, 1.82) is 0 Å². The van der Waals surface area contributed by atoms with Crippen LogP contribution in [0.4, 0.5) is 4.39 Å². The number of aromatic nitrogens is 1. The maximum absolute atomic E-state index is 13.7. The van der Waals surface area contributed by atoms with Gasteiger partial charge in [-0.1, -0.05) is 13.3 Å². The van der Waals surface area contributed by atoms with Gasteiger partial charge in [0.05, 0.1) is 6.61 Å². The summed E-state index contributed by atoms with van der Waals surface area (Å²) in [5.74, 6) is 0.494. The number of aryl methyl sites for hydroxylation is 1. The molecule has 0 unspecified atom stereocenters. The van der Waals surface area contributed by atoms with Gasteiger partial charge in [0.1, 0.15) is 11.6 Å². The molecule has 1 aromatic carbocycles. The number of benzene rings is 1. The van der Waals surface area contributed by atoms with Crippen LogP contribution in [0.3, 0.4) is 0 Å². The molecule has 0 spiro atoms. The molecule has 3 heteroatoms. The number of halogens is 1. The molecule has 0 bridgehead atoms. The summed E-state index contributed by atoms with van der Waals surface area (Å²) in [6.45, 7) is 4.64. The summed E-state index contributed by atoms with van der Waals surface area (Å²) in [6.07, 6.45) is 3.70. The second-order valence-electron chi connectivity index (χ2n) is 4.07. The maximum Gasteiger partial charge on any atom is 0.131 e. The quantitative estimate of drug-likeness (QED) is 0.748. The van der Waals surface area contributed by atoms with E-state index in [-0.39, 0.29) is 5.82 Å². The molecule has 0 N–H and O–H groups in total. The molecule has 0 amide bonds. The monoisotopic (exact) mass is 233 g/mol. The normalized spacial score (nSPS) is 10.8. The summed E-state index contributed by atoms with van der Waals surface area (Å²) in [5.41, 5.74) is 0.800. The van der Waals surface area contributed by atoms with E-state index in [1.165, 1.54) is 6.07 Å². The van der Waals surface area contributed by atoms with Crippen molar-refractivity contribution in [3.8, 4) is 5.75 Å². The van der Waals surface area contributed by atoms with Crippen molar-refractivity contribution in [3.63, 3.8) is 0 Å². The molecule has 0 atom stereocenters. The Morgan fingerprint density at radius 2 is 2.12 bits per heavy atom. The lowest BCUT2D eigenvalue weighted by atomic mass is 10.1. The molecule has 1 heterocycles. The van der Waals surface area contributed by atoms with Crippen LogP contribution in [-0.2, 0) is 0 Å². The number of ether oxygens (including phenoxy) is 1. The SMILES string of the molecule is CCCCOc1ccc(F)c2ccnc(C)c12. The van der Waals surface area contributed by atoms with Crippen molar-refractivity contribution in [1.82, 2.24) is 4.98 Å². The number of pyridine rings is 1. The van der Waals surface area contributed by atoms with Crippen molar-refractivity contribution in [3.05, 3.63) is 35.9 Å². The Morgan fingerprint density at radius 1 is 1.29 bits per heavy atom. The molecule has 0 saturated carbocycles. The van der Waals surface area contributed by atoms with Gasteiger partial charge in [-0.25, -0.2) is 4.39 Å². The lowest BCUT2D eigenvalue weighted by molar-refractivity contribution is 0.312. The molecule has 0 aliphatic rings. The molecule has 17 heavy (non-hydrogen) atoms. The third-order valence-corrected chi connectivity index (χ3v) is 2.78. The molecule has 0 aliphatic heterocycles. The molecular formula is C14H16FNO. The molecule has 2 rings (SSSR count). The molecule has 0 radical (unpaired) electrons. The Labute approximate surface area is 100 Å². The fourth-order valence-corrected chi connectivity index (χ4v) is 1.85. The zero-order chi connectivity index (χ0) is 12.3. The average molecular weight is 233 g/mol. The fourth-order valence-electron chi connectivity index (χ4n) is 1.85. The van der Waals surface area contributed by atoms with Crippen molar-refractivity contribution in [2.75, 3.05) is 6.61 Å². The second kappa shape index (κ2) is 5.13. The van der Waals surface area contributed by atoms with Crippen LogP contribution in [0.15, 0.2) is 24.4 Å². The Morgan fingerprint density at radius 3 is 2.88 bits per heavy atom. The Bertz CT molecular complexity index is 525. The minimum atomic E-state index is -0.228. The molecule has 2 aromatic rings. The van der Waals surface area contributed by atoms with Gasteiger partial charge in [0.15, 0.2) is 0 Å². The van der Waals surface area contributed by atoms with Crippen molar-refractivity contribution >= 4 is 10.8 Å². The van der Waals surface area contributed by atoms with Gasteiger partial charge in [-0.05, 0) is 31.5 Å². The summed E-state index contributed by atoms with van der Waals surface area (Å²) in [6, 6.07) is 4.81. The van der Waals surface area contributed by atoms with Crippen molar-refractivity contribution < 1.29 is 9.13 Å². The van der Waals surface area contributed by atoms with Crippen molar-refractivity contribution in [2.24, 2.45) is 0 Å². The van der Waals surface area contributed by atoms with Crippen LogP contribution in [0.5, 0.6) is 5.75 Å². The van der Waals surface area contributed by atoms with Crippen LogP contribution in [0.25, 0.3) is 10.8 Å². The molecular weight excluding hydrogens is 217 g/mol. The number of hydrogen-bond donors (Lipinski definition) is 0. The largest absolute Gasteiger partial charge is 0.493 e. The molecule has 0 fully saturated rings. The van der Waals surface area contributed by atoms with E-state index in [0.29, 0.717) is 12.0 Å². The first kappa shape index (κ1) is 11.8. The van der Waals surface area contributed by atoms with E-state index in [4.69, 9.17) is 4.74 Å². The van der Waals surface area contributed by atoms with Gasteiger partial charge < -0.3 is 4.74 Å². The van der Waals surface area contributed by atoms with E-state index in [0.717, 1.165) is 29.7 Å². The third-order valence-electron chi connectivity index (χ3n) is 2.78. The topological polar surface area (TPSA) is 22.1 Å². The zero-order valence-corrected chi connectivity index (χ0v) is 10.2. The van der Waals surface area contributed by atoms with Crippen LogP contribution >= 0.6 is 0 Å². The van der Waals surface area contributed by atoms with E-state index in [9.17, 15) is 4.39 Å². The van der Waals surface area contributed by atoms with Gasteiger partial charge in [0.25, 0.3) is 0 Å².